The summed E-state index contributed by atoms with van der Waals surface area (Å²) in [6, 6.07) is 9.42. The Labute approximate surface area is 192 Å². The van der Waals surface area contributed by atoms with Crippen LogP contribution in [-0.2, 0) is 13.1 Å². The van der Waals surface area contributed by atoms with Gasteiger partial charge < -0.3 is 15.2 Å². The van der Waals surface area contributed by atoms with Crippen LogP contribution in [0.4, 0.5) is 0 Å². The summed E-state index contributed by atoms with van der Waals surface area (Å²) in [7, 11) is 1.72. The van der Waals surface area contributed by atoms with Crippen LogP contribution in [0, 0.1) is 13.8 Å². The van der Waals surface area contributed by atoms with E-state index in [2.05, 4.69) is 43.9 Å². The fourth-order valence-corrected chi connectivity index (χ4v) is 2.98. The molecule has 3 rings (SSSR count). The Kier molecular flexibility index (Phi) is 8.90. The molecule has 2 heterocycles. The van der Waals surface area contributed by atoms with Gasteiger partial charge in [-0.15, -0.1) is 24.0 Å². The summed E-state index contributed by atoms with van der Waals surface area (Å²) in [6.07, 6.45) is 0.933. The molecular formula is C19H25ClIN7O. The molecule has 10 heteroatoms. The summed E-state index contributed by atoms with van der Waals surface area (Å²) in [5.74, 6) is 1.66. The molecule has 1 aromatic carbocycles. The van der Waals surface area contributed by atoms with Crippen molar-refractivity contribution in [1.29, 1.82) is 0 Å². The van der Waals surface area contributed by atoms with Gasteiger partial charge in [0.25, 0.3) is 0 Å². The third kappa shape index (κ3) is 6.70. The summed E-state index contributed by atoms with van der Waals surface area (Å²) in [5.41, 5.74) is 3.03. The lowest BCUT2D eigenvalue weighted by atomic mass is 10.2. The monoisotopic (exact) mass is 529 g/mol. The van der Waals surface area contributed by atoms with Crippen molar-refractivity contribution in [1.82, 2.24) is 30.6 Å². The van der Waals surface area contributed by atoms with Gasteiger partial charge in [0.1, 0.15) is 0 Å². The molecule has 29 heavy (non-hydrogen) atoms. The van der Waals surface area contributed by atoms with E-state index in [-0.39, 0.29) is 24.0 Å². The highest BCUT2D eigenvalue weighted by atomic mass is 127. The predicted octanol–water partition coefficient (Wildman–Crippen LogP) is 3.58. The zero-order chi connectivity index (χ0) is 19.9. The largest absolute Gasteiger partial charge is 0.356 e. The molecule has 8 nitrogen and oxygen atoms in total. The zero-order valence-electron chi connectivity index (χ0n) is 16.6. The van der Waals surface area contributed by atoms with Gasteiger partial charge in [-0.25, -0.2) is 0 Å². The molecule has 0 unspecified atom stereocenters. The van der Waals surface area contributed by atoms with E-state index < -0.39 is 0 Å². The SMILES string of the molecule is CN=C(NCCCn1nc(C)cc1C)NCc1nc(-c2cccc(Cl)c2)no1.I. The molecule has 0 aliphatic heterocycles. The first kappa shape index (κ1) is 23.1. The zero-order valence-corrected chi connectivity index (χ0v) is 19.7. The molecule has 2 N–H and O–H groups in total. The molecule has 0 spiro atoms. The van der Waals surface area contributed by atoms with Gasteiger partial charge in [0.2, 0.25) is 11.7 Å². The number of guanidine groups is 1. The maximum Gasteiger partial charge on any atom is 0.246 e. The van der Waals surface area contributed by atoms with E-state index >= 15 is 0 Å². The molecule has 3 aromatic rings. The first-order chi connectivity index (χ1) is 13.5. The number of aryl methyl sites for hydroxylation is 3. The maximum absolute atomic E-state index is 6.00. The molecular weight excluding hydrogens is 505 g/mol. The summed E-state index contributed by atoms with van der Waals surface area (Å²) in [6.45, 7) is 6.08. The van der Waals surface area contributed by atoms with Crippen molar-refractivity contribution in [3.63, 3.8) is 0 Å². The van der Waals surface area contributed by atoms with E-state index in [0.29, 0.717) is 29.2 Å². The van der Waals surface area contributed by atoms with Crippen LogP contribution in [0.5, 0.6) is 0 Å². The molecule has 0 amide bonds. The lowest BCUT2D eigenvalue weighted by molar-refractivity contribution is 0.375. The maximum atomic E-state index is 6.00. The Morgan fingerprint density at radius 2 is 2.07 bits per heavy atom. The van der Waals surface area contributed by atoms with E-state index in [9.17, 15) is 0 Å². The normalized spacial score (nSPS) is 11.2. The quantitative estimate of drug-likeness (QED) is 0.210. The van der Waals surface area contributed by atoms with Crippen molar-refractivity contribution in [2.24, 2.45) is 4.99 Å². The van der Waals surface area contributed by atoms with Crippen molar-refractivity contribution < 1.29 is 4.52 Å². The van der Waals surface area contributed by atoms with Gasteiger partial charge in [-0.05, 0) is 38.5 Å². The topological polar surface area (TPSA) is 93.2 Å². The lowest BCUT2D eigenvalue weighted by Gasteiger charge is -2.10. The number of halogens is 2. The van der Waals surface area contributed by atoms with Gasteiger partial charge in [0, 0.05) is 36.4 Å². The summed E-state index contributed by atoms with van der Waals surface area (Å²) in [5, 5.41) is 15.5. The fraction of sp³-hybridized carbons (Fsp3) is 0.368. The highest BCUT2D eigenvalue weighted by Crippen LogP contribution is 2.19. The molecule has 0 radical (unpaired) electrons. The van der Waals surface area contributed by atoms with Gasteiger partial charge in [0.05, 0.1) is 12.2 Å². The van der Waals surface area contributed by atoms with Gasteiger partial charge in [-0.2, -0.15) is 10.1 Å². The van der Waals surface area contributed by atoms with Gasteiger partial charge in [-0.3, -0.25) is 9.67 Å². The average Bonchev–Trinajstić information content (AvgIpc) is 3.27. The molecule has 0 bridgehead atoms. The van der Waals surface area contributed by atoms with Crippen LogP contribution in [-0.4, -0.2) is 39.5 Å². The molecule has 0 aliphatic carbocycles. The van der Waals surface area contributed by atoms with E-state index in [4.69, 9.17) is 16.1 Å². The Balaban J connectivity index is 0.00000300. The molecule has 0 saturated carbocycles. The number of hydrogen-bond donors (Lipinski definition) is 2. The molecule has 0 saturated heterocycles. The van der Waals surface area contributed by atoms with Gasteiger partial charge in [-0.1, -0.05) is 28.9 Å². The van der Waals surface area contributed by atoms with Crippen LogP contribution in [0.15, 0.2) is 39.8 Å². The van der Waals surface area contributed by atoms with E-state index in [1.807, 2.05) is 23.7 Å². The molecule has 0 aliphatic rings. The van der Waals surface area contributed by atoms with Crippen molar-refractivity contribution in [2.45, 2.75) is 33.4 Å². The van der Waals surface area contributed by atoms with Crippen molar-refractivity contribution >= 4 is 41.5 Å². The minimum Gasteiger partial charge on any atom is -0.356 e. The van der Waals surface area contributed by atoms with Crippen molar-refractivity contribution in [3.8, 4) is 11.4 Å². The summed E-state index contributed by atoms with van der Waals surface area (Å²) >= 11 is 6.00. The second kappa shape index (κ2) is 11.1. The minimum absolute atomic E-state index is 0. The van der Waals surface area contributed by atoms with Crippen LogP contribution in [0.2, 0.25) is 5.02 Å². The number of rotatable bonds is 7. The summed E-state index contributed by atoms with van der Waals surface area (Å²) in [4.78, 5) is 8.59. The van der Waals surface area contributed by atoms with Gasteiger partial charge >= 0.3 is 0 Å². The second-order valence-corrected chi connectivity index (χ2v) is 6.81. The highest BCUT2D eigenvalue weighted by Gasteiger charge is 2.09. The number of hydrogen-bond acceptors (Lipinski definition) is 5. The van der Waals surface area contributed by atoms with Crippen LogP contribution >= 0.6 is 35.6 Å². The Morgan fingerprint density at radius 1 is 1.24 bits per heavy atom. The average molecular weight is 530 g/mol. The number of aromatic nitrogens is 4. The van der Waals surface area contributed by atoms with Gasteiger partial charge in [0.15, 0.2) is 5.96 Å². The second-order valence-electron chi connectivity index (χ2n) is 6.38. The van der Waals surface area contributed by atoms with Crippen LogP contribution in [0.3, 0.4) is 0 Å². The van der Waals surface area contributed by atoms with E-state index in [0.717, 1.165) is 30.8 Å². The van der Waals surface area contributed by atoms with Crippen LogP contribution < -0.4 is 10.6 Å². The first-order valence-corrected chi connectivity index (χ1v) is 9.47. The smallest absolute Gasteiger partial charge is 0.246 e. The number of nitrogens with zero attached hydrogens (tertiary/aromatic N) is 5. The Morgan fingerprint density at radius 3 is 2.76 bits per heavy atom. The third-order valence-corrected chi connectivity index (χ3v) is 4.36. The number of benzene rings is 1. The van der Waals surface area contributed by atoms with Crippen molar-refractivity contribution in [3.05, 3.63) is 52.6 Å². The van der Waals surface area contributed by atoms with Crippen LogP contribution in [0.1, 0.15) is 23.7 Å². The highest BCUT2D eigenvalue weighted by molar-refractivity contribution is 14.0. The lowest BCUT2D eigenvalue weighted by Crippen LogP contribution is -2.37. The molecule has 0 atom stereocenters. The number of nitrogens with one attached hydrogen (secondary N) is 2. The molecule has 156 valence electrons. The van der Waals surface area contributed by atoms with E-state index in [1.54, 1.807) is 19.2 Å². The van der Waals surface area contributed by atoms with Crippen molar-refractivity contribution in [2.75, 3.05) is 13.6 Å². The standard InChI is InChI=1S/C19H24ClN7O.HI/c1-13-10-14(2)27(25-13)9-5-8-22-19(21-3)23-12-17-24-18(26-28-17)15-6-4-7-16(20)11-15;/h4,6-7,10-11H,5,8-9,12H2,1-3H3,(H2,21,22,23);1H. The number of aliphatic imine (C=N–C) groups is 1. The molecule has 0 fully saturated rings. The predicted molar refractivity (Wildman–Crippen MR) is 125 cm³/mol. The molecule has 2 aromatic heterocycles. The summed E-state index contributed by atoms with van der Waals surface area (Å²) < 4.78 is 7.31. The fourth-order valence-electron chi connectivity index (χ4n) is 2.79. The Bertz CT molecular complexity index is 954. The minimum atomic E-state index is 0. The third-order valence-electron chi connectivity index (χ3n) is 4.12. The van der Waals surface area contributed by atoms with Crippen LogP contribution in [0.25, 0.3) is 11.4 Å². The van der Waals surface area contributed by atoms with E-state index in [1.165, 1.54) is 5.69 Å². The first-order valence-electron chi connectivity index (χ1n) is 9.09. The Hall–Kier alpha value is -2.14.